The van der Waals surface area contributed by atoms with E-state index in [0.29, 0.717) is 45.1 Å². The maximum absolute atomic E-state index is 12.4. The van der Waals surface area contributed by atoms with Crippen molar-refractivity contribution in [2.24, 2.45) is 5.10 Å². The van der Waals surface area contributed by atoms with Gasteiger partial charge in [0.15, 0.2) is 18.1 Å². The first kappa shape index (κ1) is 27.5. The van der Waals surface area contributed by atoms with Crippen LogP contribution in [-0.2, 0) is 14.4 Å². The molecule has 0 heterocycles. The van der Waals surface area contributed by atoms with Gasteiger partial charge >= 0.3 is 11.8 Å². The minimum absolute atomic E-state index is 0.253. The number of hydrazone groups is 1. The molecule has 0 radical (unpaired) electrons. The van der Waals surface area contributed by atoms with E-state index in [1.54, 1.807) is 68.4 Å². The zero-order valence-electron chi connectivity index (χ0n) is 20.0. The normalized spacial score (nSPS) is 10.6. The summed E-state index contributed by atoms with van der Waals surface area (Å²) in [6, 6.07) is 16.5. The van der Waals surface area contributed by atoms with Crippen LogP contribution in [0.2, 0.25) is 10.0 Å². The van der Waals surface area contributed by atoms with Gasteiger partial charge in [-0.25, -0.2) is 5.43 Å². The maximum Gasteiger partial charge on any atom is 0.329 e. The molecule has 0 saturated heterocycles. The fourth-order valence-electron chi connectivity index (χ4n) is 3.04. The van der Waals surface area contributed by atoms with E-state index in [1.807, 2.05) is 0 Å². The number of anilines is 2. The van der Waals surface area contributed by atoms with Crippen molar-refractivity contribution in [3.05, 3.63) is 81.8 Å². The SMILES string of the molecule is CCOc1cc(/C=N\NC(=O)C(=O)Nc2cccc(Cl)c2)ccc1OCC(=O)Nc1cccc(Cl)c1C. The summed E-state index contributed by atoms with van der Waals surface area (Å²) in [7, 11) is 0. The van der Waals surface area contributed by atoms with Crippen LogP contribution in [0.3, 0.4) is 0 Å². The lowest BCUT2D eigenvalue weighted by molar-refractivity contribution is -0.136. The Hall–Kier alpha value is -4.08. The van der Waals surface area contributed by atoms with Crippen molar-refractivity contribution in [2.75, 3.05) is 23.8 Å². The Labute approximate surface area is 223 Å². The number of nitrogens with zero attached hydrogens (tertiary/aromatic N) is 1. The van der Waals surface area contributed by atoms with Gasteiger partial charge in [-0.3, -0.25) is 14.4 Å². The van der Waals surface area contributed by atoms with E-state index in [-0.39, 0.29) is 12.5 Å². The van der Waals surface area contributed by atoms with Crippen LogP contribution in [0.1, 0.15) is 18.1 Å². The number of halogens is 2. The monoisotopic (exact) mass is 542 g/mol. The van der Waals surface area contributed by atoms with Crippen molar-refractivity contribution in [1.82, 2.24) is 5.43 Å². The molecule has 0 aromatic heterocycles. The quantitative estimate of drug-likeness (QED) is 0.204. The molecular formula is C26H24Cl2N4O5. The van der Waals surface area contributed by atoms with Gasteiger partial charge in [0.1, 0.15) is 0 Å². The molecule has 0 aliphatic heterocycles. The number of nitrogens with one attached hydrogen (secondary N) is 3. The zero-order valence-corrected chi connectivity index (χ0v) is 21.5. The summed E-state index contributed by atoms with van der Waals surface area (Å²) in [5.41, 5.74) is 4.45. The largest absolute Gasteiger partial charge is 0.490 e. The summed E-state index contributed by atoms with van der Waals surface area (Å²) in [6.45, 7) is 3.71. The van der Waals surface area contributed by atoms with Gasteiger partial charge in [-0.1, -0.05) is 35.3 Å². The molecule has 0 saturated carbocycles. The summed E-state index contributed by atoms with van der Waals surface area (Å²) in [4.78, 5) is 36.4. The summed E-state index contributed by atoms with van der Waals surface area (Å²) < 4.78 is 11.2. The highest BCUT2D eigenvalue weighted by Gasteiger charge is 2.14. The van der Waals surface area contributed by atoms with E-state index in [4.69, 9.17) is 32.7 Å². The second-order valence-electron chi connectivity index (χ2n) is 7.55. The number of benzene rings is 3. The Morgan fingerprint density at radius 2 is 1.70 bits per heavy atom. The fourth-order valence-corrected chi connectivity index (χ4v) is 3.40. The topological polar surface area (TPSA) is 118 Å². The fraction of sp³-hybridized carbons (Fsp3) is 0.154. The molecular weight excluding hydrogens is 519 g/mol. The van der Waals surface area contributed by atoms with Gasteiger partial charge < -0.3 is 20.1 Å². The number of hydrogen-bond donors (Lipinski definition) is 3. The third-order valence-electron chi connectivity index (χ3n) is 4.84. The Morgan fingerprint density at radius 3 is 2.46 bits per heavy atom. The summed E-state index contributed by atoms with van der Waals surface area (Å²) in [5, 5.41) is 9.96. The van der Waals surface area contributed by atoms with Crippen LogP contribution in [0, 0.1) is 6.92 Å². The molecule has 0 fully saturated rings. The van der Waals surface area contributed by atoms with Crippen LogP contribution in [0.4, 0.5) is 11.4 Å². The smallest absolute Gasteiger partial charge is 0.329 e. The van der Waals surface area contributed by atoms with Crippen molar-refractivity contribution >= 4 is 58.5 Å². The molecule has 3 rings (SSSR count). The van der Waals surface area contributed by atoms with Crippen molar-refractivity contribution in [2.45, 2.75) is 13.8 Å². The number of carbonyl (C=O) groups is 3. The maximum atomic E-state index is 12.4. The summed E-state index contributed by atoms with van der Waals surface area (Å²) in [5.74, 6) is -1.49. The second-order valence-corrected chi connectivity index (χ2v) is 8.40. The molecule has 37 heavy (non-hydrogen) atoms. The lowest BCUT2D eigenvalue weighted by Gasteiger charge is -2.13. The van der Waals surface area contributed by atoms with Gasteiger partial charge in [0, 0.05) is 21.4 Å². The highest BCUT2D eigenvalue weighted by atomic mass is 35.5. The molecule has 0 unspecified atom stereocenters. The van der Waals surface area contributed by atoms with Crippen molar-refractivity contribution in [3.63, 3.8) is 0 Å². The first-order chi connectivity index (χ1) is 17.8. The number of amides is 3. The van der Waals surface area contributed by atoms with E-state index in [2.05, 4.69) is 21.2 Å². The standard InChI is InChI=1S/C26H24Cl2N4O5/c1-3-36-23-12-17(14-29-32-26(35)25(34)30-19-7-4-6-18(27)13-19)10-11-22(23)37-15-24(33)31-21-9-5-8-20(28)16(21)2/h4-14H,3,15H2,1-2H3,(H,30,34)(H,31,33)(H,32,35)/b29-14-. The molecule has 3 N–H and O–H groups in total. The van der Waals surface area contributed by atoms with E-state index in [9.17, 15) is 14.4 Å². The van der Waals surface area contributed by atoms with Gasteiger partial charge in [-0.15, -0.1) is 0 Å². The molecule has 192 valence electrons. The molecule has 11 heteroatoms. The molecule has 3 aromatic carbocycles. The minimum atomic E-state index is -0.956. The predicted octanol–water partition coefficient (Wildman–Crippen LogP) is 4.81. The van der Waals surface area contributed by atoms with Crippen LogP contribution in [0.15, 0.2) is 65.8 Å². The van der Waals surface area contributed by atoms with Gasteiger partial charge in [-0.2, -0.15) is 5.10 Å². The molecule has 0 spiro atoms. The van der Waals surface area contributed by atoms with E-state index in [1.165, 1.54) is 12.3 Å². The van der Waals surface area contributed by atoms with E-state index < -0.39 is 11.8 Å². The minimum Gasteiger partial charge on any atom is -0.490 e. The Kier molecular flexibility index (Phi) is 9.88. The first-order valence-electron chi connectivity index (χ1n) is 11.1. The van der Waals surface area contributed by atoms with Crippen molar-refractivity contribution in [3.8, 4) is 11.5 Å². The molecule has 0 atom stereocenters. The van der Waals surface area contributed by atoms with Crippen LogP contribution >= 0.6 is 23.2 Å². The molecule has 3 amide bonds. The number of hydrogen-bond acceptors (Lipinski definition) is 6. The Balaban J connectivity index is 1.57. The zero-order chi connectivity index (χ0) is 26.8. The van der Waals surface area contributed by atoms with Gasteiger partial charge in [0.05, 0.1) is 12.8 Å². The molecule has 9 nitrogen and oxygen atoms in total. The lowest BCUT2D eigenvalue weighted by atomic mass is 10.2. The van der Waals surface area contributed by atoms with Crippen LogP contribution in [0.25, 0.3) is 0 Å². The first-order valence-corrected chi connectivity index (χ1v) is 11.9. The number of rotatable bonds is 9. The molecule has 0 aliphatic rings. The Morgan fingerprint density at radius 1 is 0.919 bits per heavy atom. The van der Waals surface area contributed by atoms with Crippen LogP contribution in [-0.4, -0.2) is 37.1 Å². The van der Waals surface area contributed by atoms with E-state index in [0.717, 1.165) is 5.56 Å². The molecule has 3 aromatic rings. The van der Waals surface area contributed by atoms with Gasteiger partial charge in [0.25, 0.3) is 5.91 Å². The molecule has 0 aliphatic carbocycles. The highest BCUT2D eigenvalue weighted by Crippen LogP contribution is 2.28. The highest BCUT2D eigenvalue weighted by molar-refractivity contribution is 6.39. The van der Waals surface area contributed by atoms with Crippen LogP contribution in [0.5, 0.6) is 11.5 Å². The van der Waals surface area contributed by atoms with Crippen LogP contribution < -0.4 is 25.5 Å². The summed E-state index contributed by atoms with van der Waals surface area (Å²) in [6.07, 6.45) is 1.34. The third kappa shape index (κ3) is 8.23. The molecule has 0 bridgehead atoms. The number of ether oxygens (including phenoxy) is 2. The van der Waals surface area contributed by atoms with Crippen molar-refractivity contribution < 1.29 is 23.9 Å². The summed E-state index contributed by atoms with van der Waals surface area (Å²) >= 11 is 12.0. The average molecular weight is 543 g/mol. The van der Waals surface area contributed by atoms with Gasteiger partial charge in [0.2, 0.25) is 0 Å². The third-order valence-corrected chi connectivity index (χ3v) is 5.48. The lowest BCUT2D eigenvalue weighted by Crippen LogP contribution is -2.32. The predicted molar refractivity (Wildman–Crippen MR) is 144 cm³/mol. The number of carbonyl (C=O) groups excluding carboxylic acids is 3. The van der Waals surface area contributed by atoms with Crippen molar-refractivity contribution in [1.29, 1.82) is 0 Å². The Bertz CT molecular complexity index is 1330. The second kappa shape index (κ2) is 13.3. The van der Waals surface area contributed by atoms with E-state index >= 15 is 0 Å². The average Bonchev–Trinajstić information content (AvgIpc) is 2.86. The van der Waals surface area contributed by atoms with Gasteiger partial charge in [-0.05, 0) is 73.5 Å².